The molecule has 0 amide bonds. The second kappa shape index (κ2) is 6.20. The van der Waals surface area contributed by atoms with Crippen LogP contribution in [-0.2, 0) is 0 Å². The third-order valence-corrected chi connectivity index (χ3v) is 6.06. The molecule has 1 heteroatoms. The lowest BCUT2D eigenvalue weighted by Crippen LogP contribution is -2.13. The predicted molar refractivity (Wildman–Crippen MR) is 90.1 cm³/mol. The van der Waals surface area contributed by atoms with E-state index in [1.165, 1.54) is 15.9 Å². The number of benzene rings is 2. The fourth-order valence-corrected chi connectivity index (χ4v) is 4.84. The van der Waals surface area contributed by atoms with Gasteiger partial charge < -0.3 is 0 Å². The van der Waals surface area contributed by atoms with Crippen molar-refractivity contribution >= 4 is 18.5 Å². The number of allylic oxidation sites excluding steroid dienone is 4. The molecule has 0 aliphatic heterocycles. The van der Waals surface area contributed by atoms with Gasteiger partial charge in [0.15, 0.2) is 0 Å². The first-order valence-electron chi connectivity index (χ1n) is 7.13. The highest BCUT2D eigenvalue weighted by atomic mass is 31.1. The van der Waals surface area contributed by atoms with Crippen molar-refractivity contribution in [2.75, 3.05) is 0 Å². The summed E-state index contributed by atoms with van der Waals surface area (Å²) in [5.41, 5.74) is 0. The maximum absolute atomic E-state index is 2.43. The van der Waals surface area contributed by atoms with Crippen molar-refractivity contribution in [1.29, 1.82) is 0 Å². The first-order chi connectivity index (χ1) is 9.84. The maximum atomic E-state index is 2.43. The van der Waals surface area contributed by atoms with E-state index < -0.39 is 7.92 Å². The van der Waals surface area contributed by atoms with Gasteiger partial charge >= 0.3 is 0 Å². The Bertz CT molecular complexity index is 571. The summed E-state index contributed by atoms with van der Waals surface area (Å²) < 4.78 is 0. The van der Waals surface area contributed by atoms with Crippen molar-refractivity contribution in [2.45, 2.75) is 13.3 Å². The molecule has 0 nitrogen and oxygen atoms in total. The average Bonchev–Trinajstić information content (AvgIpc) is 2.52. The van der Waals surface area contributed by atoms with Crippen LogP contribution >= 0.6 is 7.92 Å². The Morgan fingerprint density at radius 3 is 1.85 bits per heavy atom. The van der Waals surface area contributed by atoms with Crippen molar-refractivity contribution < 1.29 is 0 Å². The molecular weight excluding hydrogens is 259 g/mol. The van der Waals surface area contributed by atoms with Gasteiger partial charge in [-0.25, -0.2) is 0 Å². The van der Waals surface area contributed by atoms with Gasteiger partial charge in [0, 0.05) is 0 Å². The van der Waals surface area contributed by atoms with E-state index >= 15 is 0 Å². The smallest absolute Gasteiger partial charge is 0.0138 e. The molecule has 0 heterocycles. The van der Waals surface area contributed by atoms with Crippen LogP contribution in [0.2, 0.25) is 0 Å². The highest BCUT2D eigenvalue weighted by Gasteiger charge is 2.18. The molecule has 0 bridgehead atoms. The average molecular weight is 278 g/mol. The normalized spacial score (nSPS) is 18.1. The van der Waals surface area contributed by atoms with Gasteiger partial charge in [0.1, 0.15) is 0 Å². The number of hydrogen-bond acceptors (Lipinski definition) is 0. The van der Waals surface area contributed by atoms with Gasteiger partial charge in [0.2, 0.25) is 0 Å². The van der Waals surface area contributed by atoms with Crippen LogP contribution in [0.15, 0.2) is 84.2 Å². The van der Waals surface area contributed by atoms with Gasteiger partial charge in [-0.2, -0.15) is 0 Å². The van der Waals surface area contributed by atoms with Crippen LogP contribution in [0.5, 0.6) is 0 Å². The summed E-state index contributed by atoms with van der Waals surface area (Å²) in [6, 6.07) is 21.8. The van der Waals surface area contributed by atoms with Crippen LogP contribution in [0.1, 0.15) is 13.3 Å². The number of rotatable bonds is 3. The molecule has 0 aromatic heterocycles. The molecule has 0 N–H and O–H groups in total. The van der Waals surface area contributed by atoms with Gasteiger partial charge in [0.05, 0.1) is 0 Å². The fraction of sp³-hybridized carbons (Fsp3) is 0.158. The first-order valence-corrected chi connectivity index (χ1v) is 8.47. The quantitative estimate of drug-likeness (QED) is 0.720. The zero-order valence-corrected chi connectivity index (χ0v) is 12.6. The zero-order chi connectivity index (χ0) is 13.8. The molecule has 3 rings (SSSR count). The topological polar surface area (TPSA) is 0 Å². The molecule has 1 aliphatic rings. The molecule has 2 aromatic carbocycles. The summed E-state index contributed by atoms with van der Waals surface area (Å²) in [5, 5.41) is 4.34. The van der Waals surface area contributed by atoms with Crippen LogP contribution in [0, 0.1) is 5.92 Å². The lowest BCUT2D eigenvalue weighted by Gasteiger charge is -2.23. The van der Waals surface area contributed by atoms with E-state index in [1.54, 1.807) is 0 Å². The Balaban J connectivity index is 2.03. The van der Waals surface area contributed by atoms with Crippen LogP contribution in [0.25, 0.3) is 0 Å². The summed E-state index contributed by atoms with van der Waals surface area (Å²) >= 11 is 0. The monoisotopic (exact) mass is 278 g/mol. The van der Waals surface area contributed by atoms with Crippen molar-refractivity contribution in [1.82, 2.24) is 0 Å². The van der Waals surface area contributed by atoms with Crippen molar-refractivity contribution in [3.8, 4) is 0 Å². The molecule has 0 spiro atoms. The minimum atomic E-state index is -0.414. The van der Waals surface area contributed by atoms with E-state index in [-0.39, 0.29) is 0 Å². The molecule has 20 heavy (non-hydrogen) atoms. The number of hydrogen-bond donors (Lipinski definition) is 0. The Morgan fingerprint density at radius 2 is 1.40 bits per heavy atom. The molecule has 1 atom stereocenters. The molecule has 1 aliphatic carbocycles. The third-order valence-electron chi connectivity index (χ3n) is 3.58. The van der Waals surface area contributed by atoms with E-state index in [4.69, 9.17) is 0 Å². The lowest BCUT2D eigenvalue weighted by molar-refractivity contribution is 0.735. The molecule has 1 unspecified atom stereocenters. The van der Waals surface area contributed by atoms with Gasteiger partial charge in [-0.3, -0.25) is 0 Å². The molecule has 0 fully saturated rings. The van der Waals surface area contributed by atoms with Crippen LogP contribution < -0.4 is 10.6 Å². The van der Waals surface area contributed by atoms with E-state index in [1.807, 2.05) is 0 Å². The summed E-state index contributed by atoms with van der Waals surface area (Å²) in [6.07, 6.45) is 8.26. The standard InChI is InChI=1S/C19H19P/c1-16-12-14-19(15-13-16)20(17-8-4-2-5-9-17)18-10-6-3-7-11-18/h2-12,14-16H,13H2,1H3. The molecule has 2 aromatic rings. The molecule has 0 saturated carbocycles. The SMILES string of the molecule is CC1C=CC(P(c2ccccc2)c2ccccc2)=CC1. The first kappa shape index (κ1) is 13.3. The highest BCUT2D eigenvalue weighted by Crippen LogP contribution is 2.45. The maximum Gasteiger partial charge on any atom is -0.0138 e. The third kappa shape index (κ3) is 2.92. The van der Waals surface area contributed by atoms with E-state index in [0.29, 0.717) is 5.92 Å². The van der Waals surface area contributed by atoms with Gasteiger partial charge in [-0.1, -0.05) is 85.8 Å². The van der Waals surface area contributed by atoms with Crippen molar-refractivity contribution in [3.63, 3.8) is 0 Å². The molecular formula is C19H19P. The Kier molecular flexibility index (Phi) is 4.14. The highest BCUT2D eigenvalue weighted by molar-refractivity contribution is 7.77. The lowest BCUT2D eigenvalue weighted by atomic mass is 10.0. The van der Waals surface area contributed by atoms with Gasteiger partial charge in [-0.05, 0) is 36.2 Å². The van der Waals surface area contributed by atoms with Crippen LogP contribution in [0.4, 0.5) is 0 Å². The Hall–Kier alpha value is -1.65. The van der Waals surface area contributed by atoms with E-state index in [0.717, 1.165) is 6.42 Å². The second-order valence-electron chi connectivity index (χ2n) is 5.21. The van der Waals surface area contributed by atoms with E-state index in [2.05, 4.69) is 85.8 Å². The fourth-order valence-electron chi connectivity index (χ4n) is 2.48. The zero-order valence-electron chi connectivity index (χ0n) is 11.7. The molecule has 0 radical (unpaired) electrons. The molecule has 100 valence electrons. The summed E-state index contributed by atoms with van der Waals surface area (Å²) in [6.45, 7) is 2.27. The summed E-state index contributed by atoms with van der Waals surface area (Å²) in [5.74, 6) is 0.669. The minimum absolute atomic E-state index is 0.414. The van der Waals surface area contributed by atoms with Crippen molar-refractivity contribution in [3.05, 3.63) is 84.2 Å². The largest absolute Gasteiger partial charge is 0.0807 e. The molecule has 0 saturated heterocycles. The Morgan fingerprint density at radius 1 is 0.850 bits per heavy atom. The summed E-state index contributed by atoms with van der Waals surface area (Å²) in [4.78, 5) is 0. The van der Waals surface area contributed by atoms with Gasteiger partial charge in [0.25, 0.3) is 0 Å². The van der Waals surface area contributed by atoms with Gasteiger partial charge in [-0.15, -0.1) is 0 Å². The van der Waals surface area contributed by atoms with Crippen LogP contribution in [0.3, 0.4) is 0 Å². The summed E-state index contributed by atoms with van der Waals surface area (Å²) in [7, 11) is -0.414. The Labute approximate surface area is 122 Å². The van der Waals surface area contributed by atoms with Crippen molar-refractivity contribution in [2.24, 2.45) is 5.92 Å². The predicted octanol–water partition coefficient (Wildman–Crippen LogP) is 4.60. The van der Waals surface area contributed by atoms with Crippen LogP contribution in [-0.4, -0.2) is 0 Å². The minimum Gasteiger partial charge on any atom is -0.0807 e. The van der Waals surface area contributed by atoms with E-state index in [9.17, 15) is 0 Å². The second-order valence-corrected chi connectivity index (χ2v) is 7.43.